The molecule has 2 unspecified atom stereocenters. The van der Waals surface area contributed by atoms with E-state index in [0.717, 1.165) is 24.9 Å². The number of anilines is 2. The van der Waals surface area contributed by atoms with Crippen molar-refractivity contribution in [2.24, 2.45) is 5.92 Å². The minimum Gasteiger partial charge on any atom is -0.473 e. The molecular formula is C18H21N3O4S. The van der Waals surface area contributed by atoms with Gasteiger partial charge in [0.05, 0.1) is 13.3 Å². The lowest BCUT2D eigenvalue weighted by atomic mass is 9.84. The van der Waals surface area contributed by atoms with Crippen LogP contribution in [0.1, 0.15) is 25.7 Å². The molecule has 3 rings (SSSR count). The van der Waals surface area contributed by atoms with Gasteiger partial charge in [-0.05, 0) is 31.4 Å². The van der Waals surface area contributed by atoms with Crippen LogP contribution in [0.3, 0.4) is 0 Å². The summed E-state index contributed by atoms with van der Waals surface area (Å²) < 4.78 is 5.16. The lowest BCUT2D eigenvalue weighted by molar-refractivity contribution is -0.122. The quantitative estimate of drug-likeness (QED) is 0.832. The minimum atomic E-state index is -1.05. The fraction of sp³-hybridized carbons (Fsp3) is 0.389. The molecule has 1 saturated carbocycles. The highest BCUT2D eigenvalue weighted by Crippen LogP contribution is 2.37. The minimum absolute atomic E-state index is 0.0422. The molecule has 1 aromatic heterocycles. The number of para-hydroxylation sites is 1. The summed E-state index contributed by atoms with van der Waals surface area (Å²) >= 11 is 1.30. The van der Waals surface area contributed by atoms with E-state index in [9.17, 15) is 9.59 Å². The van der Waals surface area contributed by atoms with Crippen molar-refractivity contribution in [3.8, 4) is 5.19 Å². The van der Waals surface area contributed by atoms with E-state index in [-0.39, 0.29) is 17.9 Å². The lowest BCUT2D eigenvalue weighted by Gasteiger charge is -2.32. The molecule has 1 aliphatic rings. The number of benzene rings is 1. The highest BCUT2D eigenvalue weighted by Gasteiger charge is 2.33. The molecule has 0 radical (unpaired) electrons. The molecule has 0 bridgehead atoms. The van der Waals surface area contributed by atoms with Gasteiger partial charge in [0.1, 0.15) is 5.00 Å². The zero-order valence-electron chi connectivity index (χ0n) is 14.4. The maximum absolute atomic E-state index is 13.3. The van der Waals surface area contributed by atoms with Gasteiger partial charge in [-0.2, -0.15) is 0 Å². The van der Waals surface area contributed by atoms with Crippen LogP contribution < -0.4 is 15.0 Å². The molecule has 138 valence electrons. The van der Waals surface area contributed by atoms with Gasteiger partial charge in [0.2, 0.25) is 5.91 Å². The van der Waals surface area contributed by atoms with Gasteiger partial charge in [-0.15, -0.1) is 0 Å². The maximum Gasteiger partial charge on any atom is 0.404 e. The van der Waals surface area contributed by atoms with Gasteiger partial charge in [0.25, 0.3) is 5.19 Å². The number of amides is 2. The van der Waals surface area contributed by atoms with E-state index in [2.05, 4.69) is 10.3 Å². The van der Waals surface area contributed by atoms with Crippen LogP contribution in [-0.4, -0.2) is 35.2 Å². The van der Waals surface area contributed by atoms with Crippen molar-refractivity contribution >= 4 is 34.0 Å². The van der Waals surface area contributed by atoms with Crippen LogP contribution in [0.5, 0.6) is 5.19 Å². The zero-order chi connectivity index (χ0) is 18.5. The van der Waals surface area contributed by atoms with Crippen molar-refractivity contribution < 1.29 is 19.4 Å². The average molecular weight is 375 g/mol. The first-order valence-electron chi connectivity index (χ1n) is 8.46. The van der Waals surface area contributed by atoms with Crippen LogP contribution in [0, 0.1) is 5.92 Å². The number of carboxylic acid groups (broad SMARTS) is 1. The molecule has 1 fully saturated rings. The smallest absolute Gasteiger partial charge is 0.404 e. The fourth-order valence-corrected chi connectivity index (χ4v) is 4.05. The second-order valence-electron chi connectivity index (χ2n) is 6.19. The molecule has 26 heavy (non-hydrogen) atoms. The number of carbonyl (C=O) groups excluding carboxylic acids is 1. The molecular weight excluding hydrogens is 354 g/mol. The summed E-state index contributed by atoms with van der Waals surface area (Å²) in [5.74, 6) is -0.284. The SMILES string of the molecule is COc1ncc(N(C(=O)C2CCCC(NC(=O)O)C2)c2ccccc2)s1. The number of methoxy groups -OCH3 is 1. The van der Waals surface area contributed by atoms with Crippen LogP contribution >= 0.6 is 11.3 Å². The fourth-order valence-electron chi connectivity index (χ4n) is 3.29. The van der Waals surface area contributed by atoms with Gasteiger partial charge in [-0.1, -0.05) is 36.0 Å². The van der Waals surface area contributed by atoms with Crippen molar-refractivity contribution in [1.82, 2.24) is 10.3 Å². The van der Waals surface area contributed by atoms with Gasteiger partial charge in [-0.25, -0.2) is 9.78 Å². The molecule has 1 heterocycles. The van der Waals surface area contributed by atoms with E-state index >= 15 is 0 Å². The average Bonchev–Trinajstić information content (AvgIpc) is 3.11. The molecule has 0 spiro atoms. The topological polar surface area (TPSA) is 91.8 Å². The Kier molecular flexibility index (Phi) is 5.72. The molecule has 7 nitrogen and oxygen atoms in total. The van der Waals surface area contributed by atoms with E-state index < -0.39 is 6.09 Å². The van der Waals surface area contributed by atoms with Crippen molar-refractivity contribution in [3.05, 3.63) is 36.5 Å². The number of aromatic nitrogens is 1. The van der Waals surface area contributed by atoms with Crippen molar-refractivity contribution in [2.45, 2.75) is 31.7 Å². The second kappa shape index (κ2) is 8.18. The Balaban J connectivity index is 1.86. The van der Waals surface area contributed by atoms with Crippen molar-refractivity contribution in [1.29, 1.82) is 0 Å². The Bertz CT molecular complexity index is 765. The molecule has 2 amide bonds. The van der Waals surface area contributed by atoms with Crippen LogP contribution in [0.2, 0.25) is 0 Å². The second-order valence-corrected chi connectivity index (χ2v) is 7.16. The van der Waals surface area contributed by atoms with Gasteiger partial charge in [0.15, 0.2) is 0 Å². The number of nitrogens with zero attached hydrogens (tertiary/aromatic N) is 2. The summed E-state index contributed by atoms with van der Waals surface area (Å²) in [4.78, 5) is 30.1. The van der Waals surface area contributed by atoms with Gasteiger partial charge < -0.3 is 15.2 Å². The van der Waals surface area contributed by atoms with E-state index in [4.69, 9.17) is 9.84 Å². The first kappa shape index (κ1) is 18.2. The highest BCUT2D eigenvalue weighted by molar-refractivity contribution is 7.17. The van der Waals surface area contributed by atoms with Gasteiger partial charge in [-0.3, -0.25) is 9.69 Å². The summed E-state index contributed by atoms with van der Waals surface area (Å²) in [5.41, 5.74) is 0.761. The lowest BCUT2D eigenvalue weighted by Crippen LogP contribution is -2.42. The number of hydrogen-bond acceptors (Lipinski definition) is 5. The summed E-state index contributed by atoms with van der Waals surface area (Å²) in [6, 6.07) is 9.21. The summed E-state index contributed by atoms with van der Waals surface area (Å²) in [6.07, 6.45) is 3.41. The number of carbonyl (C=O) groups is 2. The maximum atomic E-state index is 13.3. The molecule has 0 saturated heterocycles. The summed E-state index contributed by atoms with van der Waals surface area (Å²) in [6.45, 7) is 0. The van der Waals surface area contributed by atoms with E-state index in [1.54, 1.807) is 18.2 Å². The van der Waals surface area contributed by atoms with Crippen LogP contribution in [0.25, 0.3) is 0 Å². The van der Waals surface area contributed by atoms with E-state index in [1.807, 2.05) is 30.3 Å². The van der Waals surface area contributed by atoms with Crippen LogP contribution in [0.4, 0.5) is 15.5 Å². The summed E-state index contributed by atoms with van der Waals surface area (Å²) in [7, 11) is 1.54. The molecule has 8 heteroatoms. The third-order valence-corrected chi connectivity index (χ3v) is 5.40. The Labute approximate surface area is 155 Å². The zero-order valence-corrected chi connectivity index (χ0v) is 15.2. The van der Waals surface area contributed by atoms with Crippen LogP contribution in [-0.2, 0) is 4.79 Å². The molecule has 1 aliphatic carbocycles. The number of thiazole rings is 1. The van der Waals surface area contributed by atoms with Crippen LogP contribution in [0.15, 0.2) is 36.5 Å². The Morgan fingerprint density at radius 3 is 2.73 bits per heavy atom. The predicted molar refractivity (Wildman–Crippen MR) is 99.2 cm³/mol. The third-order valence-electron chi connectivity index (χ3n) is 4.45. The monoisotopic (exact) mass is 375 g/mol. The number of nitrogens with one attached hydrogen (secondary N) is 1. The molecule has 0 aliphatic heterocycles. The van der Waals surface area contributed by atoms with E-state index in [1.165, 1.54) is 11.3 Å². The summed E-state index contributed by atoms with van der Waals surface area (Å²) in [5, 5.41) is 12.6. The number of rotatable bonds is 5. The standard InChI is InChI=1S/C18H21N3O4S/c1-25-18-19-11-15(26-18)21(14-8-3-2-4-9-14)16(22)12-6-5-7-13(10-12)20-17(23)24/h2-4,8-9,11-13,20H,5-7,10H2,1H3,(H,23,24). The van der Waals surface area contributed by atoms with Crippen molar-refractivity contribution in [2.75, 3.05) is 12.0 Å². The highest BCUT2D eigenvalue weighted by atomic mass is 32.1. The molecule has 2 N–H and O–H groups in total. The van der Waals surface area contributed by atoms with Crippen molar-refractivity contribution in [3.63, 3.8) is 0 Å². The van der Waals surface area contributed by atoms with Gasteiger partial charge in [0, 0.05) is 17.6 Å². The van der Waals surface area contributed by atoms with Gasteiger partial charge >= 0.3 is 6.09 Å². The predicted octanol–water partition coefficient (Wildman–Crippen LogP) is 3.64. The molecule has 2 atom stereocenters. The van der Waals surface area contributed by atoms with E-state index in [0.29, 0.717) is 16.6 Å². The normalized spacial score (nSPS) is 19.6. The Hall–Kier alpha value is -2.61. The molecule has 2 aromatic rings. The molecule has 1 aromatic carbocycles. The third kappa shape index (κ3) is 4.13. The Morgan fingerprint density at radius 1 is 1.31 bits per heavy atom. The Morgan fingerprint density at radius 2 is 2.08 bits per heavy atom. The largest absolute Gasteiger partial charge is 0.473 e. The number of hydrogen-bond donors (Lipinski definition) is 2. The number of ether oxygens (including phenoxy) is 1. The first-order chi connectivity index (χ1) is 12.6. The first-order valence-corrected chi connectivity index (χ1v) is 9.28.